The minimum atomic E-state index is 0.833. The Balaban J connectivity index is 2.01. The van der Waals surface area contributed by atoms with Crippen LogP contribution in [0.25, 0.3) is 0 Å². The fraction of sp³-hybridized carbons (Fsp3) is 0.647. The van der Waals surface area contributed by atoms with E-state index in [1.54, 1.807) is 0 Å². The number of piperidine rings is 1. The number of nitrogens with zero attached hydrogens (tertiary/aromatic N) is 1. The first kappa shape index (κ1) is 14.4. The Morgan fingerprint density at radius 1 is 1.37 bits per heavy atom. The molecule has 0 amide bonds. The Kier molecular flexibility index (Phi) is 5.26. The lowest BCUT2D eigenvalue weighted by Crippen LogP contribution is -2.34. The van der Waals surface area contributed by atoms with Crippen molar-refractivity contribution in [3.63, 3.8) is 0 Å². The van der Waals surface area contributed by atoms with Crippen LogP contribution in [-0.2, 0) is 6.54 Å². The monoisotopic (exact) mass is 260 g/mol. The van der Waals surface area contributed by atoms with E-state index in [1.165, 1.54) is 49.2 Å². The zero-order valence-corrected chi connectivity index (χ0v) is 12.7. The third-order valence-corrected chi connectivity index (χ3v) is 4.09. The molecule has 1 atom stereocenters. The highest BCUT2D eigenvalue weighted by molar-refractivity contribution is 5.51. The largest absolute Gasteiger partial charge is 0.371 e. The van der Waals surface area contributed by atoms with Gasteiger partial charge in [-0.15, -0.1) is 0 Å². The second kappa shape index (κ2) is 6.95. The van der Waals surface area contributed by atoms with Crippen LogP contribution in [-0.4, -0.2) is 19.6 Å². The molecular weight excluding hydrogens is 232 g/mol. The van der Waals surface area contributed by atoms with E-state index in [1.807, 2.05) is 0 Å². The molecule has 1 fully saturated rings. The van der Waals surface area contributed by atoms with Gasteiger partial charge in [0.1, 0.15) is 0 Å². The van der Waals surface area contributed by atoms with Crippen molar-refractivity contribution >= 4 is 5.69 Å². The lowest BCUT2D eigenvalue weighted by atomic mass is 9.99. The maximum absolute atomic E-state index is 3.48. The van der Waals surface area contributed by atoms with Crippen LogP contribution in [0.5, 0.6) is 0 Å². The van der Waals surface area contributed by atoms with E-state index in [2.05, 4.69) is 49.2 Å². The topological polar surface area (TPSA) is 15.3 Å². The molecule has 1 aromatic rings. The standard InChI is InChI=1S/C17H28N2/c1-4-9-18-12-16-7-8-17(11-15(16)3)19-10-5-6-14(2)13-19/h7-8,11,14,18H,4-6,9-10,12-13H2,1-3H3. The fourth-order valence-electron chi connectivity index (χ4n) is 2.90. The molecule has 1 aliphatic rings. The van der Waals surface area contributed by atoms with Gasteiger partial charge in [-0.05, 0) is 61.9 Å². The van der Waals surface area contributed by atoms with E-state index < -0.39 is 0 Å². The average Bonchev–Trinajstić information content (AvgIpc) is 2.41. The quantitative estimate of drug-likeness (QED) is 0.812. The normalized spacial score (nSPS) is 19.7. The molecule has 0 saturated carbocycles. The van der Waals surface area contributed by atoms with Gasteiger partial charge < -0.3 is 10.2 Å². The Morgan fingerprint density at radius 2 is 2.21 bits per heavy atom. The van der Waals surface area contributed by atoms with Gasteiger partial charge in [-0.2, -0.15) is 0 Å². The minimum Gasteiger partial charge on any atom is -0.371 e. The van der Waals surface area contributed by atoms with E-state index in [4.69, 9.17) is 0 Å². The zero-order valence-electron chi connectivity index (χ0n) is 12.7. The van der Waals surface area contributed by atoms with Crippen molar-refractivity contribution in [3.05, 3.63) is 29.3 Å². The summed E-state index contributed by atoms with van der Waals surface area (Å²) in [5.41, 5.74) is 4.25. The van der Waals surface area contributed by atoms with Crippen LogP contribution < -0.4 is 10.2 Å². The molecule has 0 bridgehead atoms. The molecule has 0 radical (unpaired) electrons. The smallest absolute Gasteiger partial charge is 0.0369 e. The molecule has 106 valence electrons. The molecule has 2 nitrogen and oxygen atoms in total. The molecule has 0 spiro atoms. The summed E-state index contributed by atoms with van der Waals surface area (Å²) in [6.45, 7) is 11.3. The highest BCUT2D eigenvalue weighted by atomic mass is 15.1. The summed E-state index contributed by atoms with van der Waals surface area (Å²) < 4.78 is 0. The molecule has 19 heavy (non-hydrogen) atoms. The molecule has 1 saturated heterocycles. The highest BCUT2D eigenvalue weighted by Crippen LogP contribution is 2.25. The number of benzene rings is 1. The first-order valence-electron chi connectivity index (χ1n) is 7.76. The van der Waals surface area contributed by atoms with Crippen molar-refractivity contribution in [1.82, 2.24) is 5.32 Å². The number of rotatable bonds is 5. The van der Waals surface area contributed by atoms with Crippen molar-refractivity contribution in [3.8, 4) is 0 Å². The summed E-state index contributed by atoms with van der Waals surface area (Å²) in [4.78, 5) is 2.55. The summed E-state index contributed by atoms with van der Waals surface area (Å²) in [5.74, 6) is 0.833. The Labute approximate surface area is 118 Å². The van der Waals surface area contributed by atoms with Gasteiger partial charge in [-0.3, -0.25) is 0 Å². The van der Waals surface area contributed by atoms with Crippen LogP contribution in [0.4, 0.5) is 5.69 Å². The maximum atomic E-state index is 3.48. The van der Waals surface area contributed by atoms with Crippen molar-refractivity contribution in [2.45, 2.75) is 46.6 Å². The van der Waals surface area contributed by atoms with Crippen LogP contribution in [0.2, 0.25) is 0 Å². The van der Waals surface area contributed by atoms with Crippen molar-refractivity contribution in [2.75, 3.05) is 24.5 Å². The predicted molar refractivity (Wildman–Crippen MR) is 83.8 cm³/mol. The van der Waals surface area contributed by atoms with Gasteiger partial charge in [0.25, 0.3) is 0 Å². The molecule has 2 rings (SSSR count). The molecule has 1 aliphatic heterocycles. The summed E-state index contributed by atoms with van der Waals surface area (Å²) in [7, 11) is 0. The van der Waals surface area contributed by atoms with Crippen molar-refractivity contribution in [1.29, 1.82) is 0 Å². The third kappa shape index (κ3) is 3.97. The summed E-state index contributed by atoms with van der Waals surface area (Å²) in [5, 5.41) is 3.48. The van der Waals surface area contributed by atoms with E-state index in [9.17, 15) is 0 Å². The number of hydrogen-bond acceptors (Lipinski definition) is 2. The third-order valence-electron chi connectivity index (χ3n) is 4.09. The minimum absolute atomic E-state index is 0.833. The molecular formula is C17H28N2. The van der Waals surface area contributed by atoms with E-state index >= 15 is 0 Å². The van der Waals surface area contributed by atoms with Crippen LogP contribution in [0, 0.1) is 12.8 Å². The maximum Gasteiger partial charge on any atom is 0.0369 e. The van der Waals surface area contributed by atoms with Crippen LogP contribution >= 0.6 is 0 Å². The molecule has 1 unspecified atom stereocenters. The molecule has 0 aromatic heterocycles. The van der Waals surface area contributed by atoms with E-state index in [-0.39, 0.29) is 0 Å². The van der Waals surface area contributed by atoms with Gasteiger partial charge in [0.15, 0.2) is 0 Å². The zero-order chi connectivity index (χ0) is 13.7. The molecule has 1 N–H and O–H groups in total. The molecule has 1 aromatic carbocycles. The Bertz CT molecular complexity index is 400. The number of anilines is 1. The SMILES string of the molecule is CCCNCc1ccc(N2CCCC(C)C2)cc1C. The van der Waals surface area contributed by atoms with Crippen LogP contribution in [0.15, 0.2) is 18.2 Å². The van der Waals surface area contributed by atoms with E-state index in [0.29, 0.717) is 0 Å². The first-order valence-corrected chi connectivity index (χ1v) is 7.76. The van der Waals surface area contributed by atoms with Gasteiger partial charge in [0.2, 0.25) is 0 Å². The summed E-state index contributed by atoms with van der Waals surface area (Å²) in [6, 6.07) is 6.96. The molecule has 0 aliphatic carbocycles. The number of aryl methyl sites for hydroxylation is 1. The van der Waals surface area contributed by atoms with Gasteiger partial charge in [0, 0.05) is 25.3 Å². The lowest BCUT2D eigenvalue weighted by Gasteiger charge is -2.33. The highest BCUT2D eigenvalue weighted by Gasteiger charge is 2.16. The van der Waals surface area contributed by atoms with Gasteiger partial charge >= 0.3 is 0 Å². The summed E-state index contributed by atoms with van der Waals surface area (Å²) >= 11 is 0. The van der Waals surface area contributed by atoms with Crippen molar-refractivity contribution < 1.29 is 0 Å². The Hall–Kier alpha value is -1.02. The molecule has 1 heterocycles. The number of nitrogens with one attached hydrogen (secondary N) is 1. The Morgan fingerprint density at radius 3 is 2.89 bits per heavy atom. The fourth-order valence-corrected chi connectivity index (χ4v) is 2.90. The summed E-state index contributed by atoms with van der Waals surface area (Å²) in [6.07, 6.45) is 3.91. The lowest BCUT2D eigenvalue weighted by molar-refractivity contribution is 0.447. The predicted octanol–water partition coefficient (Wildman–Crippen LogP) is 3.73. The first-order chi connectivity index (χ1) is 9.20. The van der Waals surface area contributed by atoms with E-state index in [0.717, 1.165) is 19.0 Å². The average molecular weight is 260 g/mol. The second-order valence-electron chi connectivity index (χ2n) is 5.98. The van der Waals surface area contributed by atoms with Crippen LogP contribution in [0.1, 0.15) is 44.2 Å². The van der Waals surface area contributed by atoms with Gasteiger partial charge in [-0.25, -0.2) is 0 Å². The van der Waals surface area contributed by atoms with Gasteiger partial charge in [-0.1, -0.05) is 19.9 Å². The molecule has 2 heteroatoms. The second-order valence-corrected chi connectivity index (χ2v) is 5.98. The van der Waals surface area contributed by atoms with Gasteiger partial charge in [0.05, 0.1) is 0 Å². The van der Waals surface area contributed by atoms with Crippen LogP contribution in [0.3, 0.4) is 0 Å². The number of hydrogen-bond donors (Lipinski definition) is 1. The van der Waals surface area contributed by atoms with Crippen molar-refractivity contribution in [2.24, 2.45) is 5.92 Å².